The Bertz CT molecular complexity index is 570. The van der Waals surface area contributed by atoms with Crippen molar-refractivity contribution in [2.75, 3.05) is 0 Å². The fraction of sp³-hybridized carbons (Fsp3) is 0.250. The van der Waals surface area contributed by atoms with Crippen LogP contribution in [-0.4, -0.2) is 4.98 Å². The summed E-state index contributed by atoms with van der Waals surface area (Å²) in [4.78, 5) is 15.1. The van der Waals surface area contributed by atoms with Crippen LogP contribution in [0.3, 0.4) is 0 Å². The van der Waals surface area contributed by atoms with Crippen LogP contribution in [0.15, 0.2) is 23.1 Å². The molecule has 0 spiro atoms. The van der Waals surface area contributed by atoms with Crippen LogP contribution in [0.1, 0.15) is 16.7 Å². The summed E-state index contributed by atoms with van der Waals surface area (Å²) in [6.07, 6.45) is 1.71. The predicted molar refractivity (Wildman–Crippen MR) is 61.9 cm³/mol. The molecule has 0 radical (unpaired) electrons. The molecule has 2 aromatic rings. The van der Waals surface area contributed by atoms with E-state index in [0.717, 1.165) is 16.5 Å². The van der Waals surface area contributed by atoms with Crippen LogP contribution in [-0.2, 0) is 6.54 Å². The summed E-state index contributed by atoms with van der Waals surface area (Å²) < 4.78 is 0. The molecule has 0 aliphatic rings. The number of aryl methyl sites for hydroxylation is 2. The number of pyridine rings is 1. The molecule has 2 rings (SSSR count). The van der Waals surface area contributed by atoms with Crippen LogP contribution in [0.2, 0.25) is 0 Å². The second-order valence-electron chi connectivity index (χ2n) is 3.78. The van der Waals surface area contributed by atoms with Crippen molar-refractivity contribution in [1.82, 2.24) is 4.98 Å². The predicted octanol–water partition coefficient (Wildman–Crippen LogP) is 1.60. The normalized spacial score (nSPS) is 10.9. The maximum Gasteiger partial charge on any atom is 0.193 e. The number of nitrogens with two attached hydrogens (primary N) is 1. The second kappa shape index (κ2) is 3.51. The highest BCUT2D eigenvalue weighted by Gasteiger charge is 2.06. The first kappa shape index (κ1) is 9.93. The van der Waals surface area contributed by atoms with Gasteiger partial charge in [0.15, 0.2) is 5.43 Å². The highest BCUT2D eigenvalue weighted by Crippen LogP contribution is 2.16. The van der Waals surface area contributed by atoms with Crippen LogP contribution < -0.4 is 11.2 Å². The zero-order valence-corrected chi connectivity index (χ0v) is 8.92. The van der Waals surface area contributed by atoms with Gasteiger partial charge in [-0.15, -0.1) is 0 Å². The average molecular weight is 202 g/mol. The smallest absolute Gasteiger partial charge is 0.193 e. The first-order valence-electron chi connectivity index (χ1n) is 4.95. The van der Waals surface area contributed by atoms with Crippen molar-refractivity contribution >= 4 is 10.9 Å². The van der Waals surface area contributed by atoms with E-state index in [-0.39, 0.29) is 12.0 Å². The molecule has 0 bridgehead atoms. The van der Waals surface area contributed by atoms with Crippen LogP contribution in [0, 0.1) is 13.8 Å². The summed E-state index contributed by atoms with van der Waals surface area (Å²) in [5.74, 6) is 0. The molecule has 0 saturated heterocycles. The Kier molecular flexibility index (Phi) is 2.32. The van der Waals surface area contributed by atoms with Crippen molar-refractivity contribution in [1.29, 1.82) is 0 Å². The van der Waals surface area contributed by atoms with Gasteiger partial charge < -0.3 is 10.7 Å². The minimum Gasteiger partial charge on any atom is -0.360 e. The van der Waals surface area contributed by atoms with E-state index < -0.39 is 0 Å². The number of benzene rings is 1. The summed E-state index contributed by atoms with van der Waals surface area (Å²) >= 11 is 0. The Balaban J connectivity index is 2.92. The van der Waals surface area contributed by atoms with Gasteiger partial charge in [0.05, 0.1) is 5.52 Å². The first-order chi connectivity index (χ1) is 7.15. The Labute approximate surface area is 87.9 Å². The van der Waals surface area contributed by atoms with Crippen LogP contribution in [0.5, 0.6) is 0 Å². The summed E-state index contributed by atoms with van der Waals surface area (Å²) in [5.41, 5.74) is 9.37. The molecule has 15 heavy (non-hydrogen) atoms. The SMILES string of the molecule is Cc1ccc2c(=O)c(CN)c[nH]c2c1C. The number of aromatic amines is 1. The Morgan fingerprint density at radius 1 is 1.33 bits per heavy atom. The maximum atomic E-state index is 11.9. The molecular formula is C12H14N2O. The molecule has 1 heterocycles. The lowest BCUT2D eigenvalue weighted by Gasteiger charge is -2.06. The molecule has 0 aliphatic heterocycles. The standard InChI is InChI=1S/C12H14N2O/c1-7-3-4-10-11(8(7)2)14-6-9(5-13)12(10)15/h3-4,6H,5,13H2,1-2H3,(H,14,15). The summed E-state index contributed by atoms with van der Waals surface area (Å²) in [6, 6.07) is 3.82. The van der Waals surface area contributed by atoms with Crippen molar-refractivity contribution in [3.63, 3.8) is 0 Å². The summed E-state index contributed by atoms with van der Waals surface area (Å²) in [5, 5.41) is 0.723. The molecule has 0 fully saturated rings. The molecule has 0 amide bonds. The average Bonchev–Trinajstić information content (AvgIpc) is 2.24. The van der Waals surface area contributed by atoms with Crippen LogP contribution in [0.25, 0.3) is 10.9 Å². The van der Waals surface area contributed by atoms with E-state index in [1.165, 1.54) is 5.56 Å². The van der Waals surface area contributed by atoms with Crippen molar-refractivity contribution in [3.8, 4) is 0 Å². The topological polar surface area (TPSA) is 58.9 Å². The largest absolute Gasteiger partial charge is 0.360 e. The number of hydrogen-bond donors (Lipinski definition) is 2. The Morgan fingerprint density at radius 2 is 2.07 bits per heavy atom. The van der Waals surface area contributed by atoms with E-state index in [9.17, 15) is 4.79 Å². The zero-order chi connectivity index (χ0) is 11.0. The molecular weight excluding hydrogens is 188 g/mol. The van der Waals surface area contributed by atoms with Gasteiger partial charge in [0.25, 0.3) is 0 Å². The van der Waals surface area contributed by atoms with Gasteiger partial charge in [0.2, 0.25) is 0 Å². The van der Waals surface area contributed by atoms with Gasteiger partial charge in [0, 0.05) is 23.7 Å². The third-order valence-electron chi connectivity index (χ3n) is 2.88. The van der Waals surface area contributed by atoms with Gasteiger partial charge in [-0.3, -0.25) is 4.79 Å². The molecule has 0 unspecified atom stereocenters. The summed E-state index contributed by atoms with van der Waals surface area (Å²) in [6.45, 7) is 4.32. The number of aromatic nitrogens is 1. The van der Waals surface area contributed by atoms with Crippen LogP contribution >= 0.6 is 0 Å². The highest BCUT2D eigenvalue weighted by atomic mass is 16.1. The second-order valence-corrected chi connectivity index (χ2v) is 3.78. The van der Waals surface area contributed by atoms with Gasteiger partial charge in [-0.2, -0.15) is 0 Å². The van der Waals surface area contributed by atoms with E-state index in [0.29, 0.717) is 5.56 Å². The van der Waals surface area contributed by atoms with E-state index in [4.69, 9.17) is 5.73 Å². The molecule has 0 atom stereocenters. The first-order valence-corrected chi connectivity index (χ1v) is 4.95. The zero-order valence-electron chi connectivity index (χ0n) is 8.92. The minimum atomic E-state index is 0.0364. The summed E-state index contributed by atoms with van der Waals surface area (Å²) in [7, 11) is 0. The minimum absolute atomic E-state index is 0.0364. The van der Waals surface area contributed by atoms with Gasteiger partial charge in [-0.05, 0) is 31.0 Å². The lowest BCUT2D eigenvalue weighted by molar-refractivity contribution is 1.04. The third-order valence-corrected chi connectivity index (χ3v) is 2.88. The maximum absolute atomic E-state index is 11.9. The van der Waals surface area contributed by atoms with Crippen molar-refractivity contribution in [2.45, 2.75) is 20.4 Å². The number of fused-ring (bicyclic) bond motifs is 1. The molecule has 3 N–H and O–H groups in total. The molecule has 1 aromatic heterocycles. The molecule has 78 valence electrons. The number of hydrogen-bond acceptors (Lipinski definition) is 2. The van der Waals surface area contributed by atoms with Gasteiger partial charge >= 0.3 is 0 Å². The Morgan fingerprint density at radius 3 is 2.73 bits per heavy atom. The van der Waals surface area contributed by atoms with E-state index in [2.05, 4.69) is 4.98 Å². The van der Waals surface area contributed by atoms with Crippen molar-refractivity contribution < 1.29 is 0 Å². The molecule has 0 aliphatic carbocycles. The highest BCUT2D eigenvalue weighted by molar-refractivity contribution is 5.82. The van der Waals surface area contributed by atoms with Gasteiger partial charge in [-0.1, -0.05) is 6.07 Å². The van der Waals surface area contributed by atoms with Crippen LogP contribution in [0.4, 0.5) is 0 Å². The molecule has 1 aromatic carbocycles. The molecule has 0 saturated carbocycles. The lowest BCUT2D eigenvalue weighted by Crippen LogP contribution is -2.14. The number of rotatable bonds is 1. The number of H-pyrrole nitrogens is 1. The fourth-order valence-corrected chi connectivity index (χ4v) is 1.74. The monoisotopic (exact) mass is 202 g/mol. The third kappa shape index (κ3) is 1.45. The lowest BCUT2D eigenvalue weighted by atomic mass is 10.0. The molecule has 3 heteroatoms. The fourth-order valence-electron chi connectivity index (χ4n) is 1.74. The van der Waals surface area contributed by atoms with Gasteiger partial charge in [0.1, 0.15) is 0 Å². The Hall–Kier alpha value is -1.61. The van der Waals surface area contributed by atoms with E-state index in [1.807, 2.05) is 26.0 Å². The van der Waals surface area contributed by atoms with Crippen molar-refractivity contribution in [3.05, 3.63) is 45.2 Å². The van der Waals surface area contributed by atoms with E-state index in [1.54, 1.807) is 6.20 Å². The molecule has 3 nitrogen and oxygen atoms in total. The quantitative estimate of drug-likeness (QED) is 0.738. The van der Waals surface area contributed by atoms with Gasteiger partial charge in [-0.25, -0.2) is 0 Å². The van der Waals surface area contributed by atoms with Crippen molar-refractivity contribution in [2.24, 2.45) is 5.73 Å². The number of nitrogens with one attached hydrogen (secondary N) is 1. The van der Waals surface area contributed by atoms with E-state index >= 15 is 0 Å².